The van der Waals surface area contributed by atoms with Gasteiger partial charge in [-0.3, -0.25) is 9.59 Å². The van der Waals surface area contributed by atoms with Gasteiger partial charge in [0.25, 0.3) is 0 Å². The molecule has 5 nitrogen and oxygen atoms in total. The van der Waals surface area contributed by atoms with Gasteiger partial charge in [-0.1, -0.05) is 19.1 Å². The Morgan fingerprint density at radius 3 is 2.68 bits per heavy atom. The molecule has 5 heteroatoms. The molecule has 2 saturated carbocycles. The molecule has 0 spiro atoms. The van der Waals surface area contributed by atoms with Crippen molar-refractivity contribution in [2.75, 3.05) is 6.54 Å². The Kier molecular flexibility index (Phi) is 5.95. The molecule has 0 bridgehead atoms. The van der Waals surface area contributed by atoms with E-state index in [1.54, 1.807) is 0 Å². The molecule has 0 saturated heterocycles. The Balaban J connectivity index is 1.35. The lowest BCUT2D eigenvalue weighted by Crippen LogP contribution is -2.31. The molecule has 2 aliphatic rings. The number of carbonyl (C=O) groups excluding carboxylic acids is 2. The van der Waals surface area contributed by atoms with Crippen LogP contribution in [0.5, 0.6) is 5.75 Å². The summed E-state index contributed by atoms with van der Waals surface area (Å²) in [6.45, 7) is 2.95. The smallest absolute Gasteiger partial charge is 0.223 e. The standard InChI is InChI=1S/C20H28N2O3/c1-14-11-18(14)20(24)21-10-9-19(23)22-13-15-5-4-8-17(12-15)25-16-6-2-3-7-16/h4-5,8,12,14,16,18H,2-3,6-7,9-11,13H2,1H3,(H,21,24)(H,22,23). The van der Waals surface area contributed by atoms with E-state index in [0.717, 1.165) is 30.6 Å². The zero-order valence-corrected chi connectivity index (χ0v) is 14.9. The summed E-state index contributed by atoms with van der Waals surface area (Å²) >= 11 is 0. The average molecular weight is 344 g/mol. The van der Waals surface area contributed by atoms with Crippen LogP contribution in [0.15, 0.2) is 24.3 Å². The molecule has 3 rings (SSSR count). The van der Waals surface area contributed by atoms with Crippen LogP contribution in [0.2, 0.25) is 0 Å². The highest BCUT2D eigenvalue weighted by Crippen LogP contribution is 2.37. The first-order chi connectivity index (χ1) is 12.1. The summed E-state index contributed by atoms with van der Waals surface area (Å²) in [7, 11) is 0. The van der Waals surface area contributed by atoms with Crippen LogP contribution in [0, 0.1) is 11.8 Å². The second-order valence-electron chi connectivity index (χ2n) is 7.31. The minimum atomic E-state index is -0.0498. The number of carbonyl (C=O) groups is 2. The maximum atomic E-state index is 11.9. The zero-order valence-electron chi connectivity index (χ0n) is 14.9. The van der Waals surface area contributed by atoms with Crippen LogP contribution in [0.3, 0.4) is 0 Å². The minimum absolute atomic E-state index is 0.0498. The number of nitrogens with one attached hydrogen (secondary N) is 2. The minimum Gasteiger partial charge on any atom is -0.490 e. The Morgan fingerprint density at radius 2 is 1.96 bits per heavy atom. The predicted octanol–water partition coefficient (Wildman–Crippen LogP) is 2.79. The second-order valence-corrected chi connectivity index (χ2v) is 7.31. The topological polar surface area (TPSA) is 67.4 Å². The van der Waals surface area contributed by atoms with Gasteiger partial charge in [0.2, 0.25) is 11.8 Å². The summed E-state index contributed by atoms with van der Waals surface area (Å²) in [5, 5.41) is 5.74. The molecule has 2 atom stereocenters. The quantitative estimate of drug-likeness (QED) is 0.762. The molecule has 0 aromatic heterocycles. The Bertz CT molecular complexity index is 611. The third kappa shape index (κ3) is 5.48. The van der Waals surface area contributed by atoms with Gasteiger partial charge in [-0.05, 0) is 55.7 Å². The molecule has 2 unspecified atom stereocenters. The van der Waals surface area contributed by atoms with Crippen LogP contribution in [-0.4, -0.2) is 24.5 Å². The van der Waals surface area contributed by atoms with E-state index < -0.39 is 0 Å². The van der Waals surface area contributed by atoms with Gasteiger partial charge in [0, 0.05) is 25.4 Å². The van der Waals surface area contributed by atoms with Crippen molar-refractivity contribution >= 4 is 11.8 Å². The largest absolute Gasteiger partial charge is 0.490 e. The van der Waals surface area contributed by atoms with Crippen molar-refractivity contribution in [3.8, 4) is 5.75 Å². The molecule has 136 valence electrons. The third-order valence-electron chi connectivity index (χ3n) is 5.09. The van der Waals surface area contributed by atoms with Crippen LogP contribution < -0.4 is 15.4 Å². The van der Waals surface area contributed by atoms with Crippen molar-refractivity contribution in [1.82, 2.24) is 10.6 Å². The fourth-order valence-electron chi connectivity index (χ4n) is 3.33. The lowest BCUT2D eigenvalue weighted by molar-refractivity contribution is -0.123. The normalized spacial score (nSPS) is 22.4. The SMILES string of the molecule is CC1CC1C(=O)NCCC(=O)NCc1cccc(OC2CCCC2)c1. The number of hydrogen-bond acceptors (Lipinski definition) is 3. The van der Waals surface area contributed by atoms with E-state index in [4.69, 9.17) is 4.74 Å². The second kappa shape index (κ2) is 8.37. The average Bonchev–Trinajstić information content (AvgIpc) is 3.11. The van der Waals surface area contributed by atoms with Crippen molar-refractivity contribution in [2.45, 2.75) is 58.1 Å². The summed E-state index contributed by atoms with van der Waals surface area (Å²) in [6.07, 6.45) is 6.37. The molecule has 1 aromatic rings. The van der Waals surface area contributed by atoms with Gasteiger partial charge in [0.15, 0.2) is 0 Å². The van der Waals surface area contributed by atoms with Gasteiger partial charge in [-0.15, -0.1) is 0 Å². The van der Waals surface area contributed by atoms with Crippen LogP contribution in [0.25, 0.3) is 0 Å². The van der Waals surface area contributed by atoms with E-state index in [1.807, 2.05) is 24.3 Å². The molecule has 0 aliphatic heterocycles. The van der Waals surface area contributed by atoms with Gasteiger partial charge in [-0.2, -0.15) is 0 Å². The number of rotatable bonds is 8. The van der Waals surface area contributed by atoms with Crippen LogP contribution in [0.4, 0.5) is 0 Å². The van der Waals surface area contributed by atoms with E-state index in [2.05, 4.69) is 17.6 Å². The fourth-order valence-corrected chi connectivity index (χ4v) is 3.33. The van der Waals surface area contributed by atoms with Crippen molar-refractivity contribution < 1.29 is 14.3 Å². The van der Waals surface area contributed by atoms with Crippen molar-refractivity contribution in [3.63, 3.8) is 0 Å². The number of ether oxygens (including phenoxy) is 1. The fraction of sp³-hybridized carbons (Fsp3) is 0.600. The highest BCUT2D eigenvalue weighted by Gasteiger charge is 2.38. The molecule has 25 heavy (non-hydrogen) atoms. The maximum absolute atomic E-state index is 11.9. The lowest BCUT2D eigenvalue weighted by atomic mass is 10.2. The van der Waals surface area contributed by atoms with Gasteiger partial charge in [-0.25, -0.2) is 0 Å². The Labute approximate surface area is 149 Å². The summed E-state index contributed by atoms with van der Waals surface area (Å²) < 4.78 is 5.99. The van der Waals surface area contributed by atoms with Crippen molar-refractivity contribution in [2.24, 2.45) is 11.8 Å². The first kappa shape index (κ1) is 17.8. The molecular weight excluding hydrogens is 316 g/mol. The molecule has 1 aromatic carbocycles. The molecule has 0 radical (unpaired) electrons. The van der Waals surface area contributed by atoms with E-state index >= 15 is 0 Å². The summed E-state index contributed by atoms with van der Waals surface area (Å²) in [5.74, 6) is 1.56. The van der Waals surface area contributed by atoms with Crippen LogP contribution in [0.1, 0.15) is 51.0 Å². The van der Waals surface area contributed by atoms with Crippen molar-refractivity contribution in [3.05, 3.63) is 29.8 Å². The van der Waals surface area contributed by atoms with E-state index in [9.17, 15) is 9.59 Å². The Hall–Kier alpha value is -2.04. The Morgan fingerprint density at radius 1 is 1.20 bits per heavy atom. The zero-order chi connectivity index (χ0) is 17.6. The summed E-state index contributed by atoms with van der Waals surface area (Å²) in [4.78, 5) is 23.6. The lowest BCUT2D eigenvalue weighted by Gasteiger charge is -2.14. The van der Waals surface area contributed by atoms with Crippen LogP contribution in [-0.2, 0) is 16.1 Å². The maximum Gasteiger partial charge on any atom is 0.223 e. The predicted molar refractivity (Wildman–Crippen MR) is 96.1 cm³/mol. The van der Waals surface area contributed by atoms with E-state index in [1.165, 1.54) is 12.8 Å². The van der Waals surface area contributed by atoms with Gasteiger partial charge < -0.3 is 15.4 Å². The first-order valence-corrected chi connectivity index (χ1v) is 9.42. The number of benzene rings is 1. The molecule has 2 N–H and O–H groups in total. The third-order valence-corrected chi connectivity index (χ3v) is 5.09. The van der Waals surface area contributed by atoms with Crippen molar-refractivity contribution in [1.29, 1.82) is 0 Å². The van der Waals surface area contributed by atoms with E-state index in [-0.39, 0.29) is 17.7 Å². The molecular formula is C20H28N2O3. The first-order valence-electron chi connectivity index (χ1n) is 9.42. The van der Waals surface area contributed by atoms with Gasteiger partial charge in [0.05, 0.1) is 6.10 Å². The monoisotopic (exact) mass is 344 g/mol. The summed E-state index contributed by atoms with van der Waals surface area (Å²) in [5.41, 5.74) is 1.03. The highest BCUT2D eigenvalue weighted by atomic mass is 16.5. The van der Waals surface area contributed by atoms with Gasteiger partial charge in [0.1, 0.15) is 5.75 Å². The molecule has 0 heterocycles. The van der Waals surface area contributed by atoms with Crippen LogP contribution >= 0.6 is 0 Å². The van der Waals surface area contributed by atoms with Gasteiger partial charge >= 0.3 is 0 Å². The number of hydrogen-bond donors (Lipinski definition) is 2. The van der Waals surface area contributed by atoms with E-state index in [0.29, 0.717) is 31.5 Å². The summed E-state index contributed by atoms with van der Waals surface area (Å²) in [6, 6.07) is 7.91. The highest BCUT2D eigenvalue weighted by molar-refractivity contribution is 5.82. The molecule has 2 amide bonds. The molecule has 2 fully saturated rings. The number of amides is 2. The molecule has 2 aliphatic carbocycles.